The fraction of sp³-hybridized carbons (Fsp3) is 0.280. The van der Waals surface area contributed by atoms with Gasteiger partial charge in [-0.1, -0.05) is 6.07 Å². The molecule has 1 aromatic carbocycles. The van der Waals surface area contributed by atoms with Gasteiger partial charge in [0, 0.05) is 41.6 Å². The van der Waals surface area contributed by atoms with E-state index >= 15 is 0 Å². The van der Waals surface area contributed by atoms with Crippen LogP contribution in [0.1, 0.15) is 23.1 Å². The van der Waals surface area contributed by atoms with Crippen LogP contribution in [-0.2, 0) is 4.74 Å². The molecule has 2 bridgehead atoms. The molecule has 8 nitrogen and oxygen atoms in total. The quantitative estimate of drug-likeness (QED) is 0.500. The zero-order valence-corrected chi connectivity index (χ0v) is 18.3. The highest BCUT2D eigenvalue weighted by Gasteiger charge is 2.40. The molecule has 0 saturated carbocycles. The Morgan fingerprint density at radius 2 is 2.00 bits per heavy atom. The third-order valence-corrected chi connectivity index (χ3v) is 6.79. The number of aryl methyl sites for hydroxylation is 1. The number of morpholine rings is 1. The monoisotopic (exact) mass is 438 g/mol. The van der Waals surface area contributed by atoms with Gasteiger partial charge in [-0.25, -0.2) is 15.0 Å². The molecule has 6 rings (SSSR count). The zero-order chi connectivity index (χ0) is 22.7. The highest BCUT2D eigenvalue weighted by atomic mass is 16.5. The van der Waals surface area contributed by atoms with E-state index in [1.165, 1.54) is 0 Å². The maximum atomic E-state index is 10.2. The number of anilines is 1. The van der Waals surface area contributed by atoms with E-state index < -0.39 is 0 Å². The molecule has 3 aromatic heterocycles. The van der Waals surface area contributed by atoms with E-state index in [0.29, 0.717) is 22.8 Å². The Labute approximate surface area is 190 Å². The highest BCUT2D eigenvalue weighted by molar-refractivity contribution is 5.94. The molecule has 0 unspecified atom stereocenters. The first-order valence-electron chi connectivity index (χ1n) is 11.0. The highest BCUT2D eigenvalue weighted by Crippen LogP contribution is 2.37. The van der Waals surface area contributed by atoms with Crippen LogP contribution in [0.25, 0.3) is 33.4 Å². The Kier molecular flexibility index (Phi) is 4.35. The fourth-order valence-electron chi connectivity index (χ4n) is 5.04. The lowest BCUT2D eigenvalue weighted by molar-refractivity contribution is 0.0986. The first kappa shape index (κ1) is 19.7. The third kappa shape index (κ3) is 3.04. The molecular weight excluding hydrogens is 416 g/mol. The molecular formula is C25H22N6O2. The Morgan fingerprint density at radius 1 is 1.18 bits per heavy atom. The van der Waals surface area contributed by atoms with Crippen LogP contribution in [-0.4, -0.2) is 50.3 Å². The third-order valence-electron chi connectivity index (χ3n) is 6.79. The summed E-state index contributed by atoms with van der Waals surface area (Å²) in [6, 6.07) is 8.15. The van der Waals surface area contributed by atoms with Gasteiger partial charge >= 0.3 is 0 Å². The number of pyridine rings is 1. The molecule has 2 saturated heterocycles. The van der Waals surface area contributed by atoms with Gasteiger partial charge in [0.25, 0.3) is 0 Å². The van der Waals surface area contributed by atoms with Crippen LogP contribution in [0.3, 0.4) is 0 Å². The van der Waals surface area contributed by atoms with E-state index in [0.717, 1.165) is 58.9 Å². The lowest BCUT2D eigenvalue weighted by Crippen LogP contribution is -2.38. The number of nitrogens with zero attached hydrogens (tertiary/aromatic N) is 5. The van der Waals surface area contributed by atoms with Gasteiger partial charge in [-0.05, 0) is 49.1 Å². The number of benzene rings is 1. The van der Waals surface area contributed by atoms with Gasteiger partial charge in [-0.3, -0.25) is 0 Å². The summed E-state index contributed by atoms with van der Waals surface area (Å²) in [5, 5.41) is 21.0. The van der Waals surface area contributed by atoms with Crippen LogP contribution in [0.5, 0.6) is 5.75 Å². The zero-order valence-electron chi connectivity index (χ0n) is 18.3. The molecule has 0 amide bonds. The summed E-state index contributed by atoms with van der Waals surface area (Å²) in [7, 11) is 0. The maximum absolute atomic E-state index is 10.2. The number of aromatic nitrogens is 4. The largest absolute Gasteiger partial charge is 0.508 e. The Bertz CT molecular complexity index is 1440. The molecule has 2 fully saturated rings. The second kappa shape index (κ2) is 7.29. The standard InChI is InChI=1S/C25H22N6O2/c1-13-3-4-22(32)14(2)23(13)20-10-27-24-18(19(20)7-26)6-21(30-24)15-8-28-25(29-9-15)31-11-17-5-16(31)12-33-17/h3-4,6,8-10,16-17,32H,5,11-12H2,1-2H3,(H,27,30)/t16-,17-/m0/s1. The Balaban J connectivity index is 1.40. The average molecular weight is 438 g/mol. The van der Waals surface area contributed by atoms with Crippen LogP contribution in [0.15, 0.2) is 36.8 Å². The molecule has 2 aliphatic rings. The van der Waals surface area contributed by atoms with Gasteiger partial charge in [-0.2, -0.15) is 5.26 Å². The van der Waals surface area contributed by atoms with E-state index in [9.17, 15) is 10.4 Å². The number of hydrogen-bond acceptors (Lipinski definition) is 7. The summed E-state index contributed by atoms with van der Waals surface area (Å²) in [6.45, 7) is 5.39. The molecule has 0 spiro atoms. The van der Waals surface area contributed by atoms with Gasteiger partial charge in [-0.15, -0.1) is 0 Å². The molecule has 5 heterocycles. The van der Waals surface area contributed by atoms with Crippen molar-refractivity contribution < 1.29 is 9.84 Å². The number of nitriles is 1. The topological polar surface area (TPSA) is 111 Å². The fourth-order valence-corrected chi connectivity index (χ4v) is 5.04. The van der Waals surface area contributed by atoms with Crippen LogP contribution in [0, 0.1) is 25.2 Å². The van der Waals surface area contributed by atoms with Gasteiger partial charge in [0.05, 0.1) is 30.0 Å². The Hall–Kier alpha value is -3.96. The van der Waals surface area contributed by atoms with Crippen LogP contribution in [0.4, 0.5) is 5.95 Å². The van der Waals surface area contributed by atoms with Crippen molar-refractivity contribution in [2.75, 3.05) is 18.1 Å². The lowest BCUT2D eigenvalue weighted by atomic mass is 9.92. The van der Waals surface area contributed by atoms with Gasteiger partial charge in [0.1, 0.15) is 17.5 Å². The molecule has 0 aliphatic carbocycles. The van der Waals surface area contributed by atoms with E-state index in [2.05, 4.69) is 30.9 Å². The van der Waals surface area contributed by atoms with E-state index in [1.807, 2.05) is 26.0 Å². The summed E-state index contributed by atoms with van der Waals surface area (Å²) < 4.78 is 5.67. The van der Waals surface area contributed by atoms with Crippen molar-refractivity contribution in [1.29, 1.82) is 5.26 Å². The van der Waals surface area contributed by atoms with Crippen molar-refractivity contribution >= 4 is 17.0 Å². The van der Waals surface area contributed by atoms with Crippen LogP contribution in [0.2, 0.25) is 0 Å². The number of nitrogens with one attached hydrogen (secondary N) is 1. The van der Waals surface area contributed by atoms with E-state index in [-0.39, 0.29) is 11.9 Å². The van der Waals surface area contributed by atoms with Gasteiger partial charge < -0.3 is 19.7 Å². The molecule has 164 valence electrons. The second-order valence-electron chi connectivity index (χ2n) is 8.77. The number of H-pyrrole nitrogens is 1. The Morgan fingerprint density at radius 3 is 2.70 bits per heavy atom. The molecule has 0 radical (unpaired) electrons. The lowest BCUT2D eigenvalue weighted by Gasteiger charge is -2.26. The second-order valence-corrected chi connectivity index (χ2v) is 8.77. The molecule has 2 atom stereocenters. The van der Waals surface area contributed by atoms with Gasteiger partial charge in [0.2, 0.25) is 5.95 Å². The average Bonchev–Trinajstić information content (AvgIpc) is 3.57. The first-order chi connectivity index (χ1) is 16.0. The number of fused-ring (bicyclic) bond motifs is 3. The summed E-state index contributed by atoms with van der Waals surface area (Å²) >= 11 is 0. The molecule has 4 aromatic rings. The molecule has 2 N–H and O–H groups in total. The summed E-state index contributed by atoms with van der Waals surface area (Å²) in [6.07, 6.45) is 6.62. The van der Waals surface area contributed by atoms with Crippen molar-refractivity contribution in [2.24, 2.45) is 0 Å². The van der Waals surface area contributed by atoms with Crippen LogP contribution < -0.4 is 4.90 Å². The van der Waals surface area contributed by atoms with E-state index in [4.69, 9.17) is 4.74 Å². The molecule has 2 aliphatic heterocycles. The summed E-state index contributed by atoms with van der Waals surface area (Å²) in [5.74, 6) is 0.919. The summed E-state index contributed by atoms with van der Waals surface area (Å²) in [5.41, 5.74) is 6.02. The number of ether oxygens (including phenoxy) is 1. The number of rotatable bonds is 3. The van der Waals surface area contributed by atoms with E-state index in [1.54, 1.807) is 24.7 Å². The first-order valence-corrected chi connectivity index (χ1v) is 11.0. The maximum Gasteiger partial charge on any atom is 0.225 e. The van der Waals surface area contributed by atoms with Crippen LogP contribution >= 0.6 is 0 Å². The van der Waals surface area contributed by atoms with Crippen molar-refractivity contribution in [3.05, 3.63) is 53.5 Å². The normalized spacial score (nSPS) is 19.4. The molecule has 33 heavy (non-hydrogen) atoms. The summed E-state index contributed by atoms with van der Waals surface area (Å²) in [4.78, 5) is 19.3. The van der Waals surface area contributed by atoms with Crippen molar-refractivity contribution in [1.82, 2.24) is 19.9 Å². The minimum absolute atomic E-state index is 0.198. The number of hydrogen-bond donors (Lipinski definition) is 2. The predicted molar refractivity (Wildman–Crippen MR) is 124 cm³/mol. The SMILES string of the molecule is Cc1ccc(O)c(C)c1-c1cnc2[nH]c(-c3cnc(N4C[C@@H]5C[C@H]4CO5)nc3)cc2c1C#N. The number of phenols is 1. The predicted octanol–water partition coefficient (Wildman–Crippen LogP) is 3.86. The van der Waals surface area contributed by atoms with Crippen molar-refractivity contribution in [3.63, 3.8) is 0 Å². The number of aromatic hydroxyl groups is 1. The smallest absolute Gasteiger partial charge is 0.225 e. The van der Waals surface area contributed by atoms with Crippen molar-refractivity contribution in [2.45, 2.75) is 32.4 Å². The molecule has 8 heteroatoms. The van der Waals surface area contributed by atoms with Crippen molar-refractivity contribution in [3.8, 4) is 34.2 Å². The number of phenolic OH excluding ortho intramolecular Hbond substituents is 1. The minimum atomic E-state index is 0.198. The van der Waals surface area contributed by atoms with Gasteiger partial charge in [0.15, 0.2) is 0 Å². The number of aromatic amines is 1. The minimum Gasteiger partial charge on any atom is -0.508 e.